The second kappa shape index (κ2) is 9.07. The SMILES string of the molecule is CCCc1nnc(SCCS(=O)(=O)c2cc(Cl)ccc2Cl)n1CC(=O)O. The van der Waals surface area contributed by atoms with Gasteiger partial charge in [-0.15, -0.1) is 10.2 Å². The van der Waals surface area contributed by atoms with Crippen LogP contribution in [0.3, 0.4) is 0 Å². The maximum absolute atomic E-state index is 12.5. The molecule has 2 rings (SSSR count). The standard InChI is InChI=1S/C15H17Cl2N3O4S2/c1-2-3-13-18-19-15(20(13)9-14(21)22)25-6-7-26(23,24)12-8-10(16)4-5-11(12)17/h4-5,8H,2-3,6-7,9H2,1H3,(H,21,22). The molecule has 0 aliphatic heterocycles. The molecule has 0 unspecified atom stereocenters. The van der Waals surface area contributed by atoms with Gasteiger partial charge >= 0.3 is 5.97 Å². The summed E-state index contributed by atoms with van der Waals surface area (Å²) >= 11 is 12.9. The minimum absolute atomic E-state index is 0.0223. The van der Waals surface area contributed by atoms with Gasteiger partial charge in [-0.2, -0.15) is 0 Å². The lowest BCUT2D eigenvalue weighted by Gasteiger charge is -2.08. The van der Waals surface area contributed by atoms with E-state index in [4.69, 9.17) is 28.3 Å². The van der Waals surface area contributed by atoms with Gasteiger partial charge in [0.1, 0.15) is 12.4 Å². The zero-order valence-corrected chi connectivity index (χ0v) is 17.0. The summed E-state index contributed by atoms with van der Waals surface area (Å²) in [4.78, 5) is 11.0. The van der Waals surface area contributed by atoms with Crippen LogP contribution in [0.4, 0.5) is 0 Å². The van der Waals surface area contributed by atoms with E-state index in [1.807, 2.05) is 6.92 Å². The van der Waals surface area contributed by atoms with Gasteiger partial charge in [0, 0.05) is 17.2 Å². The van der Waals surface area contributed by atoms with Crippen LogP contribution >= 0.6 is 35.0 Å². The topological polar surface area (TPSA) is 102 Å². The first-order valence-electron chi connectivity index (χ1n) is 7.69. The Morgan fingerprint density at radius 3 is 2.69 bits per heavy atom. The Hall–Kier alpha value is -1.29. The first-order valence-corrected chi connectivity index (χ1v) is 11.1. The third-order valence-electron chi connectivity index (χ3n) is 3.37. The van der Waals surface area contributed by atoms with Crippen molar-refractivity contribution in [2.75, 3.05) is 11.5 Å². The van der Waals surface area contributed by atoms with Crippen LogP contribution < -0.4 is 0 Å². The number of thioether (sulfide) groups is 1. The van der Waals surface area contributed by atoms with E-state index in [2.05, 4.69) is 10.2 Å². The Morgan fingerprint density at radius 2 is 2.04 bits per heavy atom. The molecule has 1 aromatic carbocycles. The lowest BCUT2D eigenvalue weighted by Crippen LogP contribution is -2.14. The van der Waals surface area contributed by atoms with Crippen LogP contribution in [0.2, 0.25) is 10.0 Å². The average molecular weight is 438 g/mol. The Kier molecular flexibility index (Phi) is 7.33. The van der Waals surface area contributed by atoms with E-state index in [9.17, 15) is 13.2 Å². The van der Waals surface area contributed by atoms with Gasteiger partial charge in [0.25, 0.3) is 0 Å². The Morgan fingerprint density at radius 1 is 1.31 bits per heavy atom. The maximum Gasteiger partial charge on any atom is 0.323 e. The second-order valence-corrected chi connectivity index (χ2v) is 9.35. The predicted octanol–water partition coefficient (Wildman–Crippen LogP) is 3.19. The van der Waals surface area contributed by atoms with Gasteiger partial charge in [-0.3, -0.25) is 9.36 Å². The number of halogens is 2. The van der Waals surface area contributed by atoms with Crippen LogP contribution in [-0.4, -0.2) is 45.8 Å². The van der Waals surface area contributed by atoms with Crippen molar-refractivity contribution in [3.8, 4) is 0 Å². The van der Waals surface area contributed by atoms with Gasteiger partial charge in [0.05, 0.1) is 15.7 Å². The van der Waals surface area contributed by atoms with Crippen molar-refractivity contribution in [3.63, 3.8) is 0 Å². The molecular formula is C15H17Cl2N3O4S2. The fourth-order valence-corrected chi connectivity index (χ4v) is 5.61. The molecule has 0 aliphatic rings. The number of hydrogen-bond acceptors (Lipinski definition) is 6. The number of benzene rings is 1. The first kappa shape index (κ1) is 21.0. The molecule has 7 nitrogen and oxygen atoms in total. The molecule has 0 spiro atoms. The van der Waals surface area contributed by atoms with Crippen molar-refractivity contribution >= 4 is 50.8 Å². The molecule has 0 aliphatic carbocycles. The summed E-state index contributed by atoms with van der Waals surface area (Å²) < 4.78 is 26.4. The molecule has 142 valence electrons. The normalized spacial score (nSPS) is 11.7. The molecular weight excluding hydrogens is 421 g/mol. The van der Waals surface area contributed by atoms with Gasteiger partial charge in [0.2, 0.25) is 0 Å². The summed E-state index contributed by atoms with van der Waals surface area (Å²) in [5.74, 6) is -0.462. The number of hydrogen-bond donors (Lipinski definition) is 1. The van der Waals surface area contributed by atoms with E-state index >= 15 is 0 Å². The van der Waals surface area contributed by atoms with Gasteiger partial charge in [-0.05, 0) is 24.6 Å². The number of rotatable bonds is 9. The summed E-state index contributed by atoms with van der Waals surface area (Å²) in [5, 5.41) is 17.8. The summed E-state index contributed by atoms with van der Waals surface area (Å²) in [5.41, 5.74) is 0. The van der Waals surface area contributed by atoms with Crippen molar-refractivity contribution in [1.82, 2.24) is 14.8 Å². The van der Waals surface area contributed by atoms with Crippen LogP contribution in [0.5, 0.6) is 0 Å². The Bertz CT molecular complexity index is 900. The van der Waals surface area contributed by atoms with Gasteiger partial charge in [-0.25, -0.2) is 8.42 Å². The lowest BCUT2D eigenvalue weighted by atomic mass is 10.3. The number of aryl methyl sites for hydroxylation is 1. The number of aromatic nitrogens is 3. The number of carbonyl (C=O) groups is 1. The van der Waals surface area contributed by atoms with E-state index in [-0.39, 0.29) is 33.0 Å². The highest BCUT2D eigenvalue weighted by Gasteiger charge is 2.20. The third-order valence-corrected chi connectivity index (χ3v) is 7.03. The van der Waals surface area contributed by atoms with E-state index in [0.29, 0.717) is 17.4 Å². The van der Waals surface area contributed by atoms with Crippen molar-refractivity contribution in [2.24, 2.45) is 0 Å². The van der Waals surface area contributed by atoms with E-state index in [1.165, 1.54) is 22.8 Å². The molecule has 0 saturated heterocycles. The summed E-state index contributed by atoms with van der Waals surface area (Å²) in [6.07, 6.45) is 1.39. The largest absolute Gasteiger partial charge is 0.480 e. The highest BCUT2D eigenvalue weighted by Crippen LogP contribution is 2.27. The number of carboxylic acids is 1. The van der Waals surface area contributed by atoms with Gasteiger partial charge in [0.15, 0.2) is 15.0 Å². The Labute approximate surface area is 165 Å². The van der Waals surface area contributed by atoms with E-state index < -0.39 is 15.8 Å². The van der Waals surface area contributed by atoms with Crippen molar-refractivity contribution in [1.29, 1.82) is 0 Å². The summed E-state index contributed by atoms with van der Waals surface area (Å²) in [7, 11) is -3.63. The fourth-order valence-electron chi connectivity index (χ4n) is 2.20. The third kappa shape index (κ3) is 5.35. The number of carboxylic acid groups (broad SMARTS) is 1. The van der Waals surface area contributed by atoms with E-state index in [1.54, 1.807) is 0 Å². The monoisotopic (exact) mass is 437 g/mol. The van der Waals surface area contributed by atoms with Crippen molar-refractivity contribution in [3.05, 3.63) is 34.1 Å². The van der Waals surface area contributed by atoms with E-state index in [0.717, 1.165) is 18.2 Å². The highest BCUT2D eigenvalue weighted by atomic mass is 35.5. The molecule has 0 amide bonds. The predicted molar refractivity (Wildman–Crippen MR) is 101 cm³/mol. The van der Waals surface area contributed by atoms with Gasteiger partial charge < -0.3 is 5.11 Å². The molecule has 11 heteroatoms. The zero-order chi connectivity index (χ0) is 19.3. The first-order chi connectivity index (χ1) is 12.2. The van der Waals surface area contributed by atoms with Crippen LogP contribution in [0.25, 0.3) is 0 Å². The lowest BCUT2D eigenvalue weighted by molar-refractivity contribution is -0.137. The smallest absolute Gasteiger partial charge is 0.323 e. The minimum Gasteiger partial charge on any atom is -0.480 e. The van der Waals surface area contributed by atoms with Crippen LogP contribution in [0, 0.1) is 0 Å². The minimum atomic E-state index is -3.63. The molecule has 0 saturated carbocycles. The second-order valence-electron chi connectivity index (χ2n) is 5.37. The van der Waals surface area contributed by atoms with Crippen molar-refractivity contribution in [2.45, 2.75) is 36.4 Å². The fraction of sp³-hybridized carbons (Fsp3) is 0.400. The molecule has 0 radical (unpaired) electrons. The Balaban J connectivity index is 2.11. The van der Waals surface area contributed by atoms with Crippen LogP contribution in [0.1, 0.15) is 19.2 Å². The molecule has 0 bridgehead atoms. The zero-order valence-electron chi connectivity index (χ0n) is 13.9. The highest BCUT2D eigenvalue weighted by molar-refractivity contribution is 8.00. The molecule has 1 heterocycles. The number of nitrogens with zero attached hydrogens (tertiary/aromatic N) is 3. The summed E-state index contributed by atoms with van der Waals surface area (Å²) in [6.45, 7) is 1.69. The molecule has 1 aromatic heterocycles. The number of aliphatic carboxylic acids is 1. The molecule has 26 heavy (non-hydrogen) atoms. The summed E-state index contributed by atoms with van der Waals surface area (Å²) in [6, 6.07) is 4.27. The molecule has 0 atom stereocenters. The van der Waals surface area contributed by atoms with Gasteiger partial charge in [-0.1, -0.05) is 41.9 Å². The van der Waals surface area contributed by atoms with Crippen LogP contribution in [0.15, 0.2) is 28.3 Å². The average Bonchev–Trinajstić information content (AvgIpc) is 2.91. The van der Waals surface area contributed by atoms with Crippen molar-refractivity contribution < 1.29 is 18.3 Å². The maximum atomic E-state index is 12.5. The molecule has 2 aromatic rings. The quantitative estimate of drug-likeness (QED) is 0.600. The molecule has 1 N–H and O–H groups in total. The van der Waals surface area contributed by atoms with Crippen LogP contribution in [-0.2, 0) is 27.6 Å². The molecule has 0 fully saturated rings. The number of sulfone groups is 1.